The molecule has 1 aromatic heterocycles. The first-order valence-electron chi connectivity index (χ1n) is 7.85. The topological polar surface area (TPSA) is 24.9 Å². The van der Waals surface area contributed by atoms with E-state index >= 15 is 0 Å². The lowest BCUT2D eigenvalue weighted by atomic mass is 9.82. The zero-order chi connectivity index (χ0) is 13.5. The summed E-state index contributed by atoms with van der Waals surface area (Å²) in [6, 6.07) is 9.11. The summed E-state index contributed by atoms with van der Waals surface area (Å²) < 4.78 is 1.32. The van der Waals surface area contributed by atoms with Gasteiger partial charge in [0, 0.05) is 12.5 Å². The minimum atomic E-state index is 0.617. The Hall–Kier alpha value is -0.930. The van der Waals surface area contributed by atoms with Crippen molar-refractivity contribution >= 4 is 21.6 Å². The molecular weight excluding hydrogens is 264 g/mol. The first-order chi connectivity index (χ1) is 9.83. The molecule has 0 spiro atoms. The summed E-state index contributed by atoms with van der Waals surface area (Å²) in [7, 11) is 2.13. The molecule has 2 fully saturated rings. The van der Waals surface area contributed by atoms with Crippen molar-refractivity contribution in [3.05, 3.63) is 29.3 Å². The maximum absolute atomic E-state index is 4.81. The van der Waals surface area contributed by atoms with Crippen molar-refractivity contribution < 1.29 is 0 Å². The number of hydrogen-bond donors (Lipinski definition) is 1. The number of thiazole rings is 1. The van der Waals surface area contributed by atoms with E-state index in [4.69, 9.17) is 4.98 Å². The molecule has 1 aromatic carbocycles. The first kappa shape index (κ1) is 12.8. The van der Waals surface area contributed by atoms with Crippen molar-refractivity contribution in [3.63, 3.8) is 0 Å². The molecule has 1 heterocycles. The fraction of sp³-hybridized carbons (Fsp3) is 0.588. The molecule has 0 amide bonds. The standard InChI is InChI=1S/C17H22N2S/c1-18-15(13-9-11-6-7-12(13)8-11)10-17-19-14-4-2-3-5-16(14)20-17/h2-5,11-13,15,18H,6-10H2,1H3. The second-order valence-electron chi connectivity index (χ2n) is 6.51. The SMILES string of the molecule is CNC(Cc1nc2ccccc2s1)C1CC2CCC1C2. The van der Waals surface area contributed by atoms with Crippen LogP contribution in [0.15, 0.2) is 24.3 Å². The maximum Gasteiger partial charge on any atom is 0.0954 e. The van der Waals surface area contributed by atoms with Gasteiger partial charge in [0.05, 0.1) is 15.2 Å². The number of nitrogens with one attached hydrogen (secondary N) is 1. The van der Waals surface area contributed by atoms with Crippen LogP contribution in [0.5, 0.6) is 0 Å². The summed E-state index contributed by atoms with van der Waals surface area (Å²) in [5.74, 6) is 2.88. The lowest BCUT2D eigenvalue weighted by Gasteiger charge is -2.29. The third kappa shape index (κ3) is 2.17. The zero-order valence-electron chi connectivity index (χ0n) is 12.0. The molecule has 0 aliphatic heterocycles. The Morgan fingerprint density at radius 1 is 1.30 bits per heavy atom. The van der Waals surface area contributed by atoms with Crippen LogP contribution < -0.4 is 5.32 Å². The van der Waals surface area contributed by atoms with Crippen LogP contribution >= 0.6 is 11.3 Å². The Morgan fingerprint density at radius 2 is 2.20 bits per heavy atom. The van der Waals surface area contributed by atoms with Crippen molar-refractivity contribution in [1.29, 1.82) is 0 Å². The average molecular weight is 286 g/mol. The molecule has 2 aromatic rings. The second kappa shape index (κ2) is 5.12. The average Bonchev–Trinajstić information content (AvgIpc) is 3.18. The van der Waals surface area contributed by atoms with Crippen LogP contribution in [0, 0.1) is 17.8 Å². The van der Waals surface area contributed by atoms with Crippen molar-refractivity contribution in [2.24, 2.45) is 17.8 Å². The second-order valence-corrected chi connectivity index (χ2v) is 7.63. The third-order valence-corrected chi connectivity index (χ3v) is 6.47. The monoisotopic (exact) mass is 286 g/mol. The van der Waals surface area contributed by atoms with Crippen molar-refractivity contribution in [1.82, 2.24) is 10.3 Å². The van der Waals surface area contributed by atoms with Crippen LogP contribution in [0.25, 0.3) is 10.2 Å². The number of aromatic nitrogens is 1. The van der Waals surface area contributed by atoms with Gasteiger partial charge >= 0.3 is 0 Å². The molecule has 106 valence electrons. The number of likely N-dealkylation sites (N-methyl/N-ethyl adjacent to an activating group) is 1. The zero-order valence-corrected chi connectivity index (χ0v) is 12.8. The van der Waals surface area contributed by atoms with Crippen LogP contribution in [0.3, 0.4) is 0 Å². The lowest BCUT2D eigenvalue weighted by Crippen LogP contribution is -2.38. The molecule has 4 atom stereocenters. The molecule has 20 heavy (non-hydrogen) atoms. The molecule has 4 unspecified atom stereocenters. The molecule has 3 heteroatoms. The minimum Gasteiger partial charge on any atom is -0.316 e. The quantitative estimate of drug-likeness (QED) is 0.923. The van der Waals surface area contributed by atoms with Gasteiger partial charge in [-0.1, -0.05) is 18.6 Å². The van der Waals surface area contributed by atoms with Gasteiger partial charge in [-0.3, -0.25) is 0 Å². The van der Waals surface area contributed by atoms with E-state index in [0.717, 1.165) is 29.7 Å². The van der Waals surface area contributed by atoms with Crippen LogP contribution in [0.4, 0.5) is 0 Å². The van der Waals surface area contributed by atoms with Gasteiger partial charge in [-0.25, -0.2) is 4.98 Å². The van der Waals surface area contributed by atoms with E-state index in [1.165, 1.54) is 35.4 Å². The van der Waals surface area contributed by atoms with Gasteiger partial charge in [-0.2, -0.15) is 0 Å². The molecule has 2 aliphatic rings. The number of benzene rings is 1. The van der Waals surface area contributed by atoms with Gasteiger partial charge in [-0.05, 0) is 56.2 Å². The van der Waals surface area contributed by atoms with Gasteiger partial charge in [0.15, 0.2) is 0 Å². The molecule has 0 radical (unpaired) electrons. The number of fused-ring (bicyclic) bond motifs is 3. The van der Waals surface area contributed by atoms with Crippen molar-refractivity contribution in [3.8, 4) is 0 Å². The minimum absolute atomic E-state index is 0.617. The maximum atomic E-state index is 4.81. The molecule has 1 N–H and O–H groups in total. The predicted octanol–water partition coefficient (Wildman–Crippen LogP) is 3.86. The number of para-hydroxylation sites is 1. The van der Waals surface area contributed by atoms with E-state index in [2.05, 4.69) is 36.6 Å². The van der Waals surface area contributed by atoms with Crippen molar-refractivity contribution in [2.75, 3.05) is 7.05 Å². The van der Waals surface area contributed by atoms with Crippen LogP contribution in [0.1, 0.15) is 30.7 Å². The Kier molecular flexibility index (Phi) is 3.27. The summed E-state index contributed by atoms with van der Waals surface area (Å²) in [4.78, 5) is 4.81. The molecule has 0 saturated heterocycles. The molecule has 2 aliphatic carbocycles. The van der Waals surface area contributed by atoms with Gasteiger partial charge in [0.2, 0.25) is 0 Å². The first-order valence-corrected chi connectivity index (χ1v) is 8.67. The van der Waals surface area contributed by atoms with Crippen LogP contribution in [-0.2, 0) is 6.42 Å². The Balaban J connectivity index is 1.54. The lowest BCUT2D eigenvalue weighted by molar-refractivity contribution is 0.255. The van der Waals surface area contributed by atoms with Crippen LogP contribution in [-0.4, -0.2) is 18.1 Å². The highest BCUT2D eigenvalue weighted by Crippen LogP contribution is 2.50. The molecule has 4 rings (SSSR count). The van der Waals surface area contributed by atoms with Gasteiger partial charge in [0.1, 0.15) is 0 Å². The normalized spacial score (nSPS) is 30.1. The van der Waals surface area contributed by atoms with E-state index in [9.17, 15) is 0 Å². The molecule has 2 saturated carbocycles. The van der Waals surface area contributed by atoms with Gasteiger partial charge in [-0.15, -0.1) is 11.3 Å². The third-order valence-electron chi connectivity index (χ3n) is 5.41. The largest absolute Gasteiger partial charge is 0.316 e. The smallest absolute Gasteiger partial charge is 0.0954 e. The number of rotatable bonds is 4. The van der Waals surface area contributed by atoms with Gasteiger partial charge in [0.25, 0.3) is 0 Å². The highest BCUT2D eigenvalue weighted by atomic mass is 32.1. The van der Waals surface area contributed by atoms with Gasteiger partial charge < -0.3 is 5.32 Å². The fourth-order valence-electron chi connectivity index (χ4n) is 4.45. The van der Waals surface area contributed by atoms with Crippen molar-refractivity contribution in [2.45, 2.75) is 38.1 Å². The summed E-state index contributed by atoms with van der Waals surface area (Å²) in [6.45, 7) is 0. The molecule has 2 nitrogen and oxygen atoms in total. The highest BCUT2D eigenvalue weighted by Gasteiger charge is 2.42. The summed E-state index contributed by atoms with van der Waals surface area (Å²) >= 11 is 1.87. The van der Waals surface area contributed by atoms with Crippen LogP contribution in [0.2, 0.25) is 0 Å². The predicted molar refractivity (Wildman–Crippen MR) is 85.1 cm³/mol. The fourth-order valence-corrected chi connectivity index (χ4v) is 5.48. The number of nitrogens with zero attached hydrogens (tertiary/aromatic N) is 1. The highest BCUT2D eigenvalue weighted by molar-refractivity contribution is 7.18. The molecular formula is C17H22N2S. The molecule has 2 bridgehead atoms. The summed E-state index contributed by atoms with van der Waals surface area (Å²) in [6.07, 6.45) is 6.99. The summed E-state index contributed by atoms with van der Waals surface area (Å²) in [5.41, 5.74) is 1.16. The Morgan fingerprint density at radius 3 is 2.90 bits per heavy atom. The Bertz CT molecular complexity index is 573. The van der Waals surface area contributed by atoms with E-state index < -0.39 is 0 Å². The summed E-state index contributed by atoms with van der Waals surface area (Å²) in [5, 5.41) is 4.89. The van der Waals surface area contributed by atoms with E-state index in [1.807, 2.05) is 11.3 Å². The Labute approximate surface area is 124 Å². The number of hydrogen-bond acceptors (Lipinski definition) is 3. The van der Waals surface area contributed by atoms with E-state index in [0.29, 0.717) is 6.04 Å². The van der Waals surface area contributed by atoms with E-state index in [-0.39, 0.29) is 0 Å². The van der Waals surface area contributed by atoms with E-state index in [1.54, 1.807) is 0 Å².